The Bertz CT molecular complexity index is 2500. The quantitative estimate of drug-likeness (QED) is 0.0316. The summed E-state index contributed by atoms with van der Waals surface area (Å²) in [4.78, 5) is 6.46. The van der Waals surface area contributed by atoms with E-state index in [0.717, 1.165) is 135 Å². The molecule has 14 heteroatoms. The summed E-state index contributed by atoms with van der Waals surface area (Å²) in [6, 6.07) is 0. The van der Waals surface area contributed by atoms with Crippen molar-refractivity contribution in [3.8, 4) is 75.3 Å². The van der Waals surface area contributed by atoms with Crippen LogP contribution in [0.2, 0.25) is 0 Å². The predicted octanol–water partition coefficient (Wildman–Crippen LogP) is 27.2. The molecule has 4 aromatic rings. The molecule has 0 aliphatic carbocycles. The monoisotopic (exact) mass is 1380 g/mol. The Morgan fingerprint density at radius 1 is 0.228 bits per heavy atom. The molecule has 8 heterocycles. The van der Waals surface area contributed by atoms with Crippen LogP contribution < -0.4 is 37.9 Å². The van der Waals surface area contributed by atoms with E-state index in [2.05, 4.69) is 67.9 Å². The summed E-state index contributed by atoms with van der Waals surface area (Å²) in [5.41, 5.74) is -0.328. The Morgan fingerprint density at radius 2 is 0.391 bits per heavy atom. The van der Waals surface area contributed by atoms with Gasteiger partial charge in [-0.2, -0.15) is 0 Å². The van der Waals surface area contributed by atoms with Gasteiger partial charge in [0, 0.05) is 21.7 Å². The zero-order valence-corrected chi connectivity index (χ0v) is 64.6. The first-order chi connectivity index (χ1) is 45.1. The van der Waals surface area contributed by atoms with Crippen LogP contribution in [0.25, 0.3) is 29.3 Å². The summed E-state index contributed by atoms with van der Waals surface area (Å²) in [6.07, 6.45) is 52.7. The number of thioether (sulfide) groups is 2. The molecule has 0 saturated carbocycles. The molecule has 8 nitrogen and oxygen atoms in total. The van der Waals surface area contributed by atoms with Crippen molar-refractivity contribution in [3.63, 3.8) is 0 Å². The van der Waals surface area contributed by atoms with Crippen molar-refractivity contribution in [2.24, 2.45) is 21.7 Å². The first-order valence-corrected chi connectivity index (χ1v) is 43.6. The summed E-state index contributed by atoms with van der Waals surface area (Å²) in [5.74, 6) is 6.98. The van der Waals surface area contributed by atoms with Crippen LogP contribution in [0.15, 0.2) is 8.42 Å². The highest BCUT2D eigenvalue weighted by Crippen LogP contribution is 2.67. The Balaban J connectivity index is 1.30. The van der Waals surface area contributed by atoms with Gasteiger partial charge in [0.15, 0.2) is 46.0 Å². The van der Waals surface area contributed by atoms with Gasteiger partial charge in [0.05, 0.1) is 82.1 Å². The van der Waals surface area contributed by atoms with Gasteiger partial charge in [-0.1, -0.05) is 261 Å². The number of thiophene rings is 4. The summed E-state index contributed by atoms with van der Waals surface area (Å²) < 4.78 is 62.3. The fourth-order valence-corrected chi connectivity index (χ4v) is 21.2. The van der Waals surface area contributed by atoms with Gasteiger partial charge in [-0.05, 0) is 63.9 Å². The van der Waals surface area contributed by atoms with Crippen LogP contribution in [-0.2, 0) is 0 Å². The van der Waals surface area contributed by atoms with Crippen LogP contribution in [0.5, 0.6) is 46.0 Å². The lowest BCUT2D eigenvalue weighted by Crippen LogP contribution is -2.34. The fraction of sp³-hybridized carbons (Fsp3) is 0.795. The van der Waals surface area contributed by atoms with Crippen molar-refractivity contribution in [3.05, 3.63) is 0 Å². The van der Waals surface area contributed by atoms with Gasteiger partial charge in [0.2, 0.25) is 0 Å². The maximum absolute atomic E-state index is 7.68. The minimum Gasteiger partial charge on any atom is -0.487 e. The number of fused-ring (bicyclic) bond motifs is 4. The number of rotatable bonds is 45. The molecule has 92 heavy (non-hydrogen) atoms. The first kappa shape index (κ1) is 75.7. The third-order valence-corrected chi connectivity index (χ3v) is 28.2. The zero-order valence-electron chi connectivity index (χ0n) is 59.7. The minimum atomic E-state index is -0.119. The summed E-state index contributed by atoms with van der Waals surface area (Å²) in [7, 11) is 0. The number of ether oxygens (including phenoxy) is 8. The SMILES string of the molecule is CCCCCCC1(CCCCCC)COc2c(SC)sc(-c3sc(-c4sc(-c5sc(SC)c6c5OCC(CCCCCC)(CCCCCC)CO6)c5c4OCC(CCCCCC)(CCCCCC)CO5)c4c3OCC(CCCCCC)(CCCCCC)CO4)c2OC1. The lowest BCUT2D eigenvalue weighted by molar-refractivity contribution is 0.0775. The molecule has 0 N–H and O–H groups in total. The van der Waals surface area contributed by atoms with E-state index < -0.39 is 0 Å². The van der Waals surface area contributed by atoms with Crippen LogP contribution in [0, 0.1) is 21.7 Å². The van der Waals surface area contributed by atoms with E-state index in [0.29, 0.717) is 52.9 Å². The van der Waals surface area contributed by atoms with E-state index in [1.165, 1.54) is 205 Å². The number of hydrogen-bond donors (Lipinski definition) is 0. The Hall–Kier alpha value is -2.10. The molecular weight excluding hydrogens is 1260 g/mol. The zero-order chi connectivity index (χ0) is 65.1. The molecule has 0 amide bonds. The average molecular weight is 1380 g/mol. The topological polar surface area (TPSA) is 73.8 Å². The molecule has 8 rings (SSSR count). The van der Waals surface area contributed by atoms with E-state index in [1.807, 2.05) is 22.7 Å². The van der Waals surface area contributed by atoms with E-state index in [-0.39, 0.29) is 21.7 Å². The Kier molecular flexibility index (Phi) is 32.5. The largest absolute Gasteiger partial charge is 0.487 e. The van der Waals surface area contributed by atoms with Crippen molar-refractivity contribution >= 4 is 68.9 Å². The molecular formula is C78H126O8S6. The second-order valence-electron chi connectivity index (χ2n) is 28.8. The van der Waals surface area contributed by atoms with Crippen molar-refractivity contribution in [2.45, 2.75) is 321 Å². The van der Waals surface area contributed by atoms with Gasteiger partial charge in [0.1, 0.15) is 8.42 Å². The second-order valence-corrected chi connectivity index (χ2v) is 35.0. The number of unbranched alkanes of at least 4 members (excludes halogenated alkanes) is 24. The van der Waals surface area contributed by atoms with E-state index in [1.54, 1.807) is 46.2 Å². The average Bonchev–Trinajstić information content (AvgIpc) is 1.58. The summed E-state index contributed by atoms with van der Waals surface area (Å²) in [5, 5.41) is 0. The fourth-order valence-electron chi connectivity index (χ4n) is 14.8. The summed E-state index contributed by atoms with van der Waals surface area (Å²) in [6.45, 7) is 23.7. The lowest BCUT2D eigenvalue weighted by atomic mass is 9.79. The minimum absolute atomic E-state index is 0.0451. The normalized spacial score (nSPS) is 16.9. The standard InChI is InChI=1S/C78H126O8S6/c1-11-19-27-35-43-75(44-36-28-20-12-2)51-79-59-61(81-53-75)69(71-63-65(73(87-9)91-71)85-57-77(55-83-63,47-39-31-23-15-5)48-40-32-24-16-6)89-67(59)68-60-62(82-54-76(52-80-60,45-37-29-21-13-3)46-38-30-22-14-4)70(90-68)72-64-66(74(88-10)92-72)86-58-78(56-84-64,49-41-33-25-17-7)50-42-34-26-18-8/h11-58H2,1-10H3. The molecule has 4 aliphatic heterocycles. The first-order valence-electron chi connectivity index (χ1n) is 37.9. The smallest absolute Gasteiger partial charge is 0.186 e. The van der Waals surface area contributed by atoms with Crippen molar-refractivity contribution in [1.82, 2.24) is 0 Å². The van der Waals surface area contributed by atoms with Gasteiger partial charge >= 0.3 is 0 Å². The Morgan fingerprint density at radius 3 is 0.565 bits per heavy atom. The van der Waals surface area contributed by atoms with E-state index in [4.69, 9.17) is 37.9 Å². The van der Waals surface area contributed by atoms with Crippen LogP contribution in [0.4, 0.5) is 0 Å². The summed E-state index contributed by atoms with van der Waals surface area (Å²) >= 11 is 10.8. The van der Waals surface area contributed by atoms with E-state index >= 15 is 0 Å². The molecule has 0 saturated heterocycles. The molecule has 0 atom stereocenters. The van der Waals surface area contributed by atoms with Crippen molar-refractivity contribution in [2.75, 3.05) is 65.4 Å². The molecule has 0 unspecified atom stereocenters. The van der Waals surface area contributed by atoms with Crippen LogP contribution in [-0.4, -0.2) is 65.4 Å². The van der Waals surface area contributed by atoms with Crippen molar-refractivity contribution in [1.29, 1.82) is 0 Å². The van der Waals surface area contributed by atoms with Gasteiger partial charge in [-0.25, -0.2) is 0 Å². The predicted molar refractivity (Wildman–Crippen MR) is 402 cm³/mol. The van der Waals surface area contributed by atoms with E-state index in [9.17, 15) is 0 Å². The highest BCUT2D eigenvalue weighted by molar-refractivity contribution is 8.00. The molecule has 0 radical (unpaired) electrons. The van der Waals surface area contributed by atoms with Gasteiger partial charge in [-0.3, -0.25) is 0 Å². The Labute approximate surface area is 585 Å². The highest BCUT2D eigenvalue weighted by Gasteiger charge is 2.46. The number of hydrogen-bond acceptors (Lipinski definition) is 14. The molecule has 4 aromatic heterocycles. The third-order valence-electron chi connectivity index (χ3n) is 20.9. The maximum Gasteiger partial charge on any atom is 0.186 e. The molecule has 0 bridgehead atoms. The molecule has 0 fully saturated rings. The molecule has 522 valence electrons. The molecule has 4 aliphatic rings. The van der Waals surface area contributed by atoms with Crippen molar-refractivity contribution < 1.29 is 37.9 Å². The van der Waals surface area contributed by atoms with Crippen LogP contribution >= 0.6 is 68.9 Å². The second kappa shape index (κ2) is 39.5. The van der Waals surface area contributed by atoms with Crippen LogP contribution in [0.3, 0.4) is 0 Å². The lowest BCUT2D eigenvalue weighted by Gasteiger charge is -2.32. The van der Waals surface area contributed by atoms with Gasteiger partial charge < -0.3 is 37.9 Å². The van der Waals surface area contributed by atoms with Gasteiger partial charge in [0.25, 0.3) is 0 Å². The molecule has 0 aromatic carbocycles. The maximum atomic E-state index is 7.68. The van der Waals surface area contributed by atoms with Crippen LogP contribution in [0.1, 0.15) is 312 Å². The van der Waals surface area contributed by atoms with Gasteiger partial charge in [-0.15, -0.1) is 68.9 Å². The third kappa shape index (κ3) is 20.1. The molecule has 0 spiro atoms. The highest BCUT2D eigenvalue weighted by atomic mass is 32.2.